The molecule has 0 aromatic carbocycles. The fourth-order valence-corrected chi connectivity index (χ4v) is 1.59. The molecule has 0 aliphatic carbocycles. The Morgan fingerprint density at radius 2 is 1.10 bits per heavy atom. The Morgan fingerprint density at radius 1 is 0.762 bits per heavy atom. The Bertz CT molecular complexity index is 582. The molecule has 0 bridgehead atoms. The molecule has 4 heteroatoms. The fraction of sp³-hybridized carbons (Fsp3) is 0.412. The maximum atomic E-state index is 10.8. The van der Waals surface area contributed by atoms with E-state index < -0.39 is 0 Å². The second kappa shape index (κ2) is 8.95. The predicted octanol–water partition coefficient (Wildman–Crippen LogP) is 3.63. The third kappa shape index (κ3) is 6.75. The van der Waals surface area contributed by atoms with E-state index in [1.54, 1.807) is 24.5 Å². The minimum atomic E-state index is 0. The summed E-state index contributed by atoms with van der Waals surface area (Å²) in [5.74, 6) is 0.794. The van der Waals surface area contributed by atoms with Gasteiger partial charge in [0.1, 0.15) is 0 Å². The zero-order valence-corrected chi connectivity index (χ0v) is 12.4. The highest BCUT2D eigenvalue weighted by Crippen LogP contribution is 2.07. The van der Waals surface area contributed by atoms with Crippen LogP contribution in [-0.4, -0.2) is 9.97 Å². The van der Waals surface area contributed by atoms with Crippen LogP contribution in [0.15, 0.2) is 46.2 Å². The van der Waals surface area contributed by atoms with E-state index in [0.717, 1.165) is 11.4 Å². The van der Waals surface area contributed by atoms with E-state index in [1.807, 2.05) is 27.7 Å². The van der Waals surface area contributed by atoms with Crippen molar-refractivity contribution in [2.24, 2.45) is 0 Å². The molecule has 2 N–H and O–H groups in total. The number of pyridine rings is 2. The molecule has 0 atom stereocenters. The van der Waals surface area contributed by atoms with Gasteiger partial charge in [-0.15, -0.1) is 0 Å². The first kappa shape index (κ1) is 18.9. The molecule has 0 saturated heterocycles. The molecule has 0 unspecified atom stereocenters. The molecule has 0 saturated carbocycles. The first-order chi connectivity index (χ1) is 9.40. The van der Waals surface area contributed by atoms with E-state index in [4.69, 9.17) is 0 Å². The number of aromatic amines is 2. The summed E-state index contributed by atoms with van der Waals surface area (Å²) in [5.41, 5.74) is 2.13. The standard InChI is InChI=1S/2C8H11NO.CH4/c2*1-6(2)8-5-7(10)3-4-9-8;/h2*3-6H,1-2H3,(H,9,10);1H4. The van der Waals surface area contributed by atoms with Gasteiger partial charge in [-0.3, -0.25) is 9.59 Å². The van der Waals surface area contributed by atoms with Gasteiger partial charge in [0.25, 0.3) is 0 Å². The summed E-state index contributed by atoms with van der Waals surface area (Å²) in [5, 5.41) is 0. The molecule has 0 amide bonds. The molecule has 0 spiro atoms. The Balaban J connectivity index is 0.000000364. The van der Waals surface area contributed by atoms with Gasteiger partial charge in [-0.1, -0.05) is 35.1 Å². The van der Waals surface area contributed by atoms with E-state index in [0.29, 0.717) is 11.8 Å². The molecule has 4 nitrogen and oxygen atoms in total. The number of hydrogen-bond donors (Lipinski definition) is 2. The van der Waals surface area contributed by atoms with Crippen LogP contribution < -0.4 is 10.9 Å². The van der Waals surface area contributed by atoms with Gasteiger partial charge in [0, 0.05) is 48.0 Å². The van der Waals surface area contributed by atoms with Crippen molar-refractivity contribution in [1.82, 2.24) is 9.97 Å². The molecule has 2 heterocycles. The number of H-pyrrole nitrogens is 2. The molecule has 0 radical (unpaired) electrons. The largest absolute Gasteiger partial charge is 0.365 e. The monoisotopic (exact) mass is 290 g/mol. The van der Waals surface area contributed by atoms with Gasteiger partial charge >= 0.3 is 0 Å². The number of hydrogen-bond acceptors (Lipinski definition) is 2. The molecule has 0 fully saturated rings. The zero-order chi connectivity index (χ0) is 15.1. The van der Waals surface area contributed by atoms with Gasteiger partial charge in [0.05, 0.1) is 0 Å². The maximum Gasteiger partial charge on any atom is 0.181 e. The predicted molar refractivity (Wildman–Crippen MR) is 89.0 cm³/mol. The van der Waals surface area contributed by atoms with Crippen molar-refractivity contribution in [2.75, 3.05) is 0 Å². The van der Waals surface area contributed by atoms with Crippen molar-refractivity contribution in [3.63, 3.8) is 0 Å². The van der Waals surface area contributed by atoms with Crippen LogP contribution in [0.5, 0.6) is 0 Å². The highest BCUT2D eigenvalue weighted by atomic mass is 16.1. The lowest BCUT2D eigenvalue weighted by Crippen LogP contribution is -2.01. The lowest BCUT2D eigenvalue weighted by molar-refractivity contribution is 0.820. The van der Waals surface area contributed by atoms with Crippen LogP contribution in [0.4, 0.5) is 0 Å². The molecular weight excluding hydrogens is 264 g/mol. The van der Waals surface area contributed by atoms with Crippen molar-refractivity contribution in [2.45, 2.75) is 47.0 Å². The lowest BCUT2D eigenvalue weighted by Gasteiger charge is -2.01. The third-order valence-electron chi connectivity index (χ3n) is 2.83. The van der Waals surface area contributed by atoms with Crippen molar-refractivity contribution in [3.8, 4) is 0 Å². The van der Waals surface area contributed by atoms with E-state index in [2.05, 4.69) is 9.97 Å². The SMILES string of the molecule is C.CC(C)c1cc(=O)cc[nH]1.CC(C)c1cc(=O)cc[nH]1. The molecule has 0 aliphatic rings. The second-order valence-corrected chi connectivity index (χ2v) is 5.27. The van der Waals surface area contributed by atoms with Crippen molar-refractivity contribution in [1.29, 1.82) is 0 Å². The summed E-state index contributed by atoms with van der Waals surface area (Å²) in [4.78, 5) is 27.6. The van der Waals surface area contributed by atoms with Crippen LogP contribution >= 0.6 is 0 Å². The number of rotatable bonds is 2. The second-order valence-electron chi connectivity index (χ2n) is 5.27. The van der Waals surface area contributed by atoms with Crippen LogP contribution in [0, 0.1) is 0 Å². The first-order valence-corrected chi connectivity index (χ1v) is 6.77. The van der Waals surface area contributed by atoms with Crippen LogP contribution in [0.3, 0.4) is 0 Å². The van der Waals surface area contributed by atoms with Crippen molar-refractivity contribution in [3.05, 3.63) is 68.5 Å². The summed E-state index contributed by atoms with van der Waals surface area (Å²) in [7, 11) is 0. The average Bonchev–Trinajstić information content (AvgIpc) is 2.39. The highest BCUT2D eigenvalue weighted by Gasteiger charge is 1.97. The van der Waals surface area contributed by atoms with Crippen LogP contribution in [0.2, 0.25) is 0 Å². The quantitative estimate of drug-likeness (QED) is 0.887. The summed E-state index contributed by atoms with van der Waals surface area (Å²) >= 11 is 0. The average molecular weight is 290 g/mol. The Kier molecular flexibility index (Phi) is 8.06. The summed E-state index contributed by atoms with van der Waals surface area (Å²) in [6, 6.07) is 6.30. The van der Waals surface area contributed by atoms with E-state index in [9.17, 15) is 9.59 Å². The molecule has 116 valence electrons. The third-order valence-corrected chi connectivity index (χ3v) is 2.83. The van der Waals surface area contributed by atoms with Gasteiger partial charge in [-0.2, -0.15) is 0 Å². The van der Waals surface area contributed by atoms with Crippen LogP contribution in [-0.2, 0) is 0 Å². The van der Waals surface area contributed by atoms with Crippen LogP contribution in [0.1, 0.15) is 58.3 Å². The first-order valence-electron chi connectivity index (χ1n) is 6.77. The highest BCUT2D eigenvalue weighted by molar-refractivity contribution is 5.08. The fourth-order valence-electron chi connectivity index (χ4n) is 1.59. The lowest BCUT2D eigenvalue weighted by atomic mass is 10.1. The van der Waals surface area contributed by atoms with Gasteiger partial charge in [-0.25, -0.2) is 0 Å². The number of aromatic nitrogens is 2. The van der Waals surface area contributed by atoms with E-state index in [1.165, 1.54) is 12.1 Å². The summed E-state index contributed by atoms with van der Waals surface area (Å²) in [6.45, 7) is 8.19. The Labute approximate surface area is 126 Å². The minimum absolute atomic E-state index is 0. The summed E-state index contributed by atoms with van der Waals surface area (Å²) in [6.07, 6.45) is 3.36. The van der Waals surface area contributed by atoms with Gasteiger partial charge < -0.3 is 9.97 Å². The zero-order valence-electron chi connectivity index (χ0n) is 12.4. The smallest absolute Gasteiger partial charge is 0.181 e. The van der Waals surface area contributed by atoms with Crippen molar-refractivity contribution < 1.29 is 0 Å². The van der Waals surface area contributed by atoms with Crippen molar-refractivity contribution >= 4 is 0 Å². The van der Waals surface area contributed by atoms with E-state index in [-0.39, 0.29) is 18.3 Å². The molecule has 2 rings (SSSR count). The topological polar surface area (TPSA) is 65.7 Å². The van der Waals surface area contributed by atoms with Gasteiger partial charge in [0.2, 0.25) is 0 Å². The molecule has 2 aromatic rings. The molecule has 0 aliphatic heterocycles. The van der Waals surface area contributed by atoms with Gasteiger partial charge in [0.15, 0.2) is 10.9 Å². The summed E-state index contributed by atoms with van der Waals surface area (Å²) < 4.78 is 0. The van der Waals surface area contributed by atoms with E-state index >= 15 is 0 Å². The number of nitrogens with one attached hydrogen (secondary N) is 2. The normalized spacial score (nSPS) is 9.81. The molecule has 21 heavy (non-hydrogen) atoms. The maximum absolute atomic E-state index is 10.8. The minimum Gasteiger partial charge on any atom is -0.365 e. The Morgan fingerprint density at radius 3 is 1.29 bits per heavy atom. The Hall–Kier alpha value is -2.10. The molecule has 2 aromatic heterocycles. The van der Waals surface area contributed by atoms with Gasteiger partial charge in [-0.05, 0) is 11.8 Å². The molecular formula is C17H26N2O2. The van der Waals surface area contributed by atoms with Crippen LogP contribution in [0.25, 0.3) is 0 Å².